The Morgan fingerprint density at radius 2 is 1.77 bits per heavy atom. The molecular weight excluding hydrogens is 427 g/mol. The first-order chi connectivity index (χ1) is 14.7. The van der Waals surface area contributed by atoms with Crippen LogP contribution in [0.2, 0.25) is 0 Å². The second-order valence-electron chi connectivity index (χ2n) is 7.09. The number of fused-ring (bicyclic) bond motifs is 1. The fourth-order valence-electron chi connectivity index (χ4n) is 3.62. The van der Waals surface area contributed by atoms with Gasteiger partial charge in [0, 0.05) is 16.5 Å². The summed E-state index contributed by atoms with van der Waals surface area (Å²) < 4.78 is 40.2. The number of nitrogens with zero attached hydrogens (tertiary/aromatic N) is 3. The van der Waals surface area contributed by atoms with E-state index >= 15 is 0 Å². The molecule has 0 spiro atoms. The van der Waals surface area contributed by atoms with Crippen molar-refractivity contribution >= 4 is 22.7 Å². The second-order valence-corrected chi connectivity index (χ2v) is 8.23. The van der Waals surface area contributed by atoms with Gasteiger partial charge in [-0.3, -0.25) is 9.55 Å². The minimum atomic E-state index is -4.40. The molecule has 4 rings (SSSR count). The number of hydrogen-bond donors (Lipinski definition) is 1. The highest BCUT2D eigenvalue weighted by Crippen LogP contribution is 2.37. The number of hydrogen-bond acceptors (Lipinski definition) is 4. The Kier molecular flexibility index (Phi) is 5.30. The van der Waals surface area contributed by atoms with Gasteiger partial charge < -0.3 is 5.11 Å². The Labute approximate surface area is 179 Å². The highest BCUT2D eigenvalue weighted by atomic mass is 32.2. The maximum Gasteiger partial charge on any atom is 0.446 e. The summed E-state index contributed by atoms with van der Waals surface area (Å²) in [4.78, 5) is 17.5. The molecule has 0 aliphatic heterocycles. The van der Waals surface area contributed by atoms with Crippen LogP contribution in [0.25, 0.3) is 16.6 Å². The van der Waals surface area contributed by atoms with Crippen LogP contribution >= 0.6 is 11.8 Å². The van der Waals surface area contributed by atoms with Crippen LogP contribution in [0, 0.1) is 13.8 Å². The molecule has 0 saturated carbocycles. The van der Waals surface area contributed by atoms with Crippen molar-refractivity contribution in [1.82, 2.24) is 14.1 Å². The van der Waals surface area contributed by atoms with Gasteiger partial charge in [0.1, 0.15) is 0 Å². The molecule has 2 aromatic carbocycles. The molecule has 2 heterocycles. The summed E-state index contributed by atoms with van der Waals surface area (Å²) in [6, 6.07) is 12.9. The van der Waals surface area contributed by atoms with E-state index in [-0.39, 0.29) is 34.8 Å². The van der Waals surface area contributed by atoms with Crippen molar-refractivity contribution in [2.75, 3.05) is 0 Å². The lowest BCUT2D eigenvalue weighted by Gasteiger charge is -2.10. The lowest BCUT2D eigenvalue weighted by molar-refractivity contribution is -0.0328. The number of imidazole rings is 1. The van der Waals surface area contributed by atoms with Crippen molar-refractivity contribution in [1.29, 1.82) is 0 Å². The van der Waals surface area contributed by atoms with Crippen LogP contribution in [0.1, 0.15) is 16.8 Å². The lowest BCUT2D eigenvalue weighted by Crippen LogP contribution is -2.24. The van der Waals surface area contributed by atoms with E-state index in [2.05, 4.69) is 4.98 Å². The van der Waals surface area contributed by atoms with Gasteiger partial charge >= 0.3 is 11.2 Å². The van der Waals surface area contributed by atoms with Crippen LogP contribution in [0.15, 0.2) is 64.4 Å². The molecule has 5 nitrogen and oxygen atoms in total. The highest BCUT2D eigenvalue weighted by molar-refractivity contribution is 8.00. The third-order valence-corrected chi connectivity index (χ3v) is 5.82. The number of rotatable bonds is 4. The van der Waals surface area contributed by atoms with Crippen LogP contribution in [0.5, 0.6) is 5.88 Å². The van der Waals surface area contributed by atoms with Gasteiger partial charge in [-0.15, -0.1) is 0 Å². The number of halogens is 3. The predicted octanol–water partition coefficient (Wildman–Crippen LogP) is 5.17. The average Bonchev–Trinajstić information content (AvgIpc) is 2.91. The zero-order chi connectivity index (χ0) is 22.3. The number of benzene rings is 2. The van der Waals surface area contributed by atoms with Gasteiger partial charge in [0.15, 0.2) is 0 Å². The van der Waals surface area contributed by atoms with E-state index in [0.717, 1.165) is 26.6 Å². The Hall–Kier alpha value is -3.20. The van der Waals surface area contributed by atoms with Gasteiger partial charge in [0.2, 0.25) is 5.88 Å². The number of thioether (sulfide) groups is 1. The molecule has 2 aromatic heterocycles. The van der Waals surface area contributed by atoms with E-state index < -0.39 is 11.2 Å². The van der Waals surface area contributed by atoms with Crippen molar-refractivity contribution in [2.45, 2.75) is 30.8 Å². The fourth-order valence-corrected chi connectivity index (χ4v) is 4.16. The first-order valence-electron chi connectivity index (χ1n) is 9.36. The average molecular weight is 445 g/mol. The second kappa shape index (κ2) is 7.81. The molecule has 0 atom stereocenters. The molecule has 0 saturated heterocycles. The van der Waals surface area contributed by atoms with Crippen LogP contribution < -0.4 is 5.69 Å². The zero-order valence-electron chi connectivity index (χ0n) is 16.6. The molecule has 160 valence electrons. The Morgan fingerprint density at radius 3 is 2.45 bits per heavy atom. The molecule has 0 amide bonds. The largest absolute Gasteiger partial charge is 0.493 e. The van der Waals surface area contributed by atoms with Crippen LogP contribution in [-0.2, 0) is 6.54 Å². The quantitative estimate of drug-likeness (QED) is 0.441. The molecule has 1 N–H and O–H groups in total. The number of alkyl halides is 3. The van der Waals surface area contributed by atoms with E-state index in [1.54, 1.807) is 13.1 Å². The van der Waals surface area contributed by atoms with Gasteiger partial charge in [-0.1, -0.05) is 12.1 Å². The van der Waals surface area contributed by atoms with Gasteiger partial charge in [0.25, 0.3) is 0 Å². The van der Waals surface area contributed by atoms with Gasteiger partial charge in [-0.25, -0.2) is 9.36 Å². The molecule has 0 aliphatic carbocycles. The van der Waals surface area contributed by atoms with Gasteiger partial charge in [-0.2, -0.15) is 13.2 Å². The van der Waals surface area contributed by atoms with E-state index in [0.29, 0.717) is 5.69 Å². The Balaban J connectivity index is 1.75. The number of aromatic hydroxyl groups is 1. The van der Waals surface area contributed by atoms with E-state index in [9.17, 15) is 23.1 Å². The molecule has 0 bridgehead atoms. The number of aromatic nitrogens is 3. The minimum absolute atomic E-state index is 0.00123. The molecule has 9 heteroatoms. The maximum absolute atomic E-state index is 13.1. The van der Waals surface area contributed by atoms with Gasteiger partial charge in [0.05, 0.1) is 23.4 Å². The van der Waals surface area contributed by atoms with Crippen molar-refractivity contribution < 1.29 is 18.3 Å². The smallest absolute Gasteiger partial charge is 0.446 e. The normalized spacial score (nSPS) is 11.9. The minimum Gasteiger partial charge on any atom is -0.493 e. The summed E-state index contributed by atoms with van der Waals surface area (Å²) in [7, 11) is 0. The first-order valence-corrected chi connectivity index (χ1v) is 10.2. The van der Waals surface area contributed by atoms with E-state index in [1.165, 1.54) is 28.8 Å². The molecule has 0 fully saturated rings. The number of aryl methyl sites for hydroxylation is 1. The summed E-state index contributed by atoms with van der Waals surface area (Å²) in [5.41, 5.74) is -1.53. The number of pyridine rings is 1. The molecule has 0 aliphatic rings. The van der Waals surface area contributed by atoms with Crippen LogP contribution in [0.4, 0.5) is 13.2 Å². The summed E-state index contributed by atoms with van der Waals surface area (Å²) in [5, 5.41) is 11.5. The van der Waals surface area contributed by atoms with Crippen molar-refractivity contribution in [3.63, 3.8) is 0 Å². The third kappa shape index (κ3) is 4.05. The van der Waals surface area contributed by atoms with Crippen molar-refractivity contribution in [2.24, 2.45) is 0 Å². The van der Waals surface area contributed by atoms with Gasteiger partial charge in [-0.05, 0) is 73.1 Å². The summed E-state index contributed by atoms with van der Waals surface area (Å²) in [5.74, 6) is -0.253. The highest BCUT2D eigenvalue weighted by Gasteiger charge is 2.29. The summed E-state index contributed by atoms with van der Waals surface area (Å²) in [6.45, 7) is 3.81. The monoisotopic (exact) mass is 445 g/mol. The van der Waals surface area contributed by atoms with E-state index in [4.69, 9.17) is 0 Å². The SMILES string of the molecule is Cc1cccc2nccc(Cn3c(C)c(O)n(-c4ccc(SC(F)(F)F)cc4)c3=O)c12. The predicted molar refractivity (Wildman–Crippen MR) is 114 cm³/mol. The van der Waals surface area contributed by atoms with Crippen LogP contribution in [-0.4, -0.2) is 24.7 Å². The van der Waals surface area contributed by atoms with Crippen molar-refractivity contribution in [3.8, 4) is 11.6 Å². The molecular formula is C22H18F3N3O2S. The fraction of sp³-hybridized carbons (Fsp3) is 0.182. The maximum atomic E-state index is 13.1. The molecule has 0 unspecified atom stereocenters. The summed E-state index contributed by atoms with van der Waals surface area (Å²) in [6.07, 6.45) is 1.67. The Morgan fingerprint density at radius 1 is 1.06 bits per heavy atom. The molecule has 31 heavy (non-hydrogen) atoms. The standard InChI is InChI=1S/C22H18F3N3O2S/c1-13-4-3-5-18-19(13)15(10-11-26-18)12-27-14(2)20(29)28(21(27)30)16-6-8-17(9-7-16)31-22(23,24)25/h3-11,29H,12H2,1-2H3. The molecule has 0 radical (unpaired) electrons. The Bertz CT molecular complexity index is 1320. The van der Waals surface area contributed by atoms with E-state index in [1.807, 2.05) is 31.2 Å². The lowest BCUT2D eigenvalue weighted by atomic mass is 10.0. The topological polar surface area (TPSA) is 60.0 Å². The first kappa shape index (κ1) is 21.0. The summed E-state index contributed by atoms with van der Waals surface area (Å²) >= 11 is -0.235. The van der Waals surface area contributed by atoms with Crippen LogP contribution in [0.3, 0.4) is 0 Å². The zero-order valence-corrected chi connectivity index (χ0v) is 17.5. The molecule has 4 aromatic rings. The van der Waals surface area contributed by atoms with Crippen molar-refractivity contribution in [3.05, 3.63) is 82.0 Å². The third-order valence-electron chi connectivity index (χ3n) is 5.08.